The van der Waals surface area contributed by atoms with Gasteiger partial charge in [0.2, 0.25) is 0 Å². The maximum atomic E-state index is 12.8. The number of nitrogens with zero attached hydrogens (tertiary/aromatic N) is 2. The van der Waals surface area contributed by atoms with Crippen LogP contribution in [0.4, 0.5) is 5.69 Å². The number of benzene rings is 2. The van der Waals surface area contributed by atoms with E-state index in [0.717, 1.165) is 12.1 Å². The number of carbonyl (C=O) groups excluding carboxylic acids is 1. The van der Waals surface area contributed by atoms with Crippen molar-refractivity contribution in [3.63, 3.8) is 0 Å². The minimum atomic E-state index is -3.70. The highest BCUT2D eigenvalue weighted by Crippen LogP contribution is 2.21. The van der Waals surface area contributed by atoms with Crippen LogP contribution in [-0.2, 0) is 10.0 Å². The molecule has 1 amide bonds. The Morgan fingerprint density at radius 2 is 1.55 bits per heavy atom. The standard InChI is InChI=1S/C24H33N3O3S/c1-19-9-13-21(14-10-19)25-31(29,30)23-15-11-20(12-16-23)24(28)27(3)18-17-26(2)22-7-5-4-6-8-22/h9-16,22,25H,4-8,17-18H2,1-3H3. The van der Waals surface area contributed by atoms with Crippen LogP contribution in [0.1, 0.15) is 48.0 Å². The zero-order valence-electron chi connectivity index (χ0n) is 18.7. The lowest BCUT2D eigenvalue weighted by atomic mass is 9.94. The Morgan fingerprint density at radius 3 is 2.16 bits per heavy atom. The number of hydrogen-bond donors (Lipinski definition) is 1. The summed E-state index contributed by atoms with van der Waals surface area (Å²) in [5.74, 6) is -0.104. The first-order valence-corrected chi connectivity index (χ1v) is 12.4. The Bertz CT molecular complexity index is 966. The SMILES string of the molecule is Cc1ccc(NS(=O)(=O)c2ccc(C(=O)N(C)CCN(C)C3CCCCC3)cc2)cc1. The summed E-state index contributed by atoms with van der Waals surface area (Å²) < 4.78 is 27.8. The van der Waals surface area contributed by atoms with Gasteiger partial charge < -0.3 is 9.80 Å². The predicted octanol–water partition coefficient (Wildman–Crippen LogP) is 4.13. The number of amides is 1. The van der Waals surface area contributed by atoms with Crippen molar-refractivity contribution in [2.45, 2.75) is 50.0 Å². The molecule has 0 saturated heterocycles. The van der Waals surface area contributed by atoms with E-state index in [1.54, 1.807) is 36.2 Å². The van der Waals surface area contributed by atoms with Crippen molar-refractivity contribution < 1.29 is 13.2 Å². The van der Waals surface area contributed by atoms with Crippen LogP contribution in [0.3, 0.4) is 0 Å². The average Bonchev–Trinajstić information content (AvgIpc) is 2.78. The van der Waals surface area contributed by atoms with Crippen LogP contribution in [0.2, 0.25) is 0 Å². The van der Waals surface area contributed by atoms with Gasteiger partial charge >= 0.3 is 0 Å². The van der Waals surface area contributed by atoms with Gasteiger partial charge in [-0.1, -0.05) is 37.0 Å². The third-order valence-corrected chi connectivity index (χ3v) is 7.45. The molecule has 0 spiro atoms. The Kier molecular flexibility index (Phi) is 7.73. The second kappa shape index (κ2) is 10.3. The molecule has 0 atom stereocenters. The molecule has 6 nitrogen and oxygen atoms in total. The normalized spacial score (nSPS) is 15.1. The molecular formula is C24H33N3O3S. The Morgan fingerprint density at radius 1 is 0.935 bits per heavy atom. The highest BCUT2D eigenvalue weighted by atomic mass is 32.2. The first-order valence-electron chi connectivity index (χ1n) is 10.9. The van der Waals surface area contributed by atoms with Crippen molar-refractivity contribution >= 4 is 21.6 Å². The zero-order valence-corrected chi connectivity index (χ0v) is 19.5. The fraction of sp³-hybridized carbons (Fsp3) is 0.458. The molecule has 168 valence electrons. The molecule has 3 rings (SSSR count). The number of likely N-dealkylation sites (N-methyl/N-ethyl adjacent to an activating group) is 2. The molecule has 1 saturated carbocycles. The summed E-state index contributed by atoms with van der Waals surface area (Å²) in [5.41, 5.74) is 2.05. The number of sulfonamides is 1. The van der Waals surface area contributed by atoms with Gasteiger partial charge in [0.05, 0.1) is 4.90 Å². The van der Waals surface area contributed by atoms with Crippen molar-refractivity contribution in [3.8, 4) is 0 Å². The summed E-state index contributed by atoms with van der Waals surface area (Å²) in [6, 6.07) is 13.9. The maximum absolute atomic E-state index is 12.8. The number of carbonyl (C=O) groups is 1. The fourth-order valence-electron chi connectivity index (χ4n) is 3.95. The van der Waals surface area contributed by atoms with E-state index in [0.29, 0.717) is 23.8 Å². The molecule has 0 radical (unpaired) electrons. The molecule has 0 aliphatic heterocycles. The topological polar surface area (TPSA) is 69.7 Å². The van der Waals surface area contributed by atoms with Crippen LogP contribution >= 0.6 is 0 Å². The Hall–Kier alpha value is -2.38. The van der Waals surface area contributed by atoms with Crippen molar-refractivity contribution in [1.29, 1.82) is 0 Å². The minimum absolute atomic E-state index is 0.104. The molecule has 2 aromatic carbocycles. The lowest BCUT2D eigenvalue weighted by Gasteiger charge is -2.32. The molecule has 0 bridgehead atoms. The van der Waals surface area contributed by atoms with E-state index in [1.807, 2.05) is 19.1 Å². The van der Waals surface area contributed by atoms with Crippen LogP contribution in [0, 0.1) is 6.92 Å². The van der Waals surface area contributed by atoms with Crippen LogP contribution in [0.15, 0.2) is 53.4 Å². The van der Waals surface area contributed by atoms with Crippen LogP contribution < -0.4 is 4.72 Å². The van der Waals surface area contributed by atoms with Gasteiger partial charge in [-0.15, -0.1) is 0 Å². The molecule has 0 heterocycles. The van der Waals surface area contributed by atoms with E-state index in [4.69, 9.17) is 0 Å². The maximum Gasteiger partial charge on any atom is 0.261 e. The van der Waals surface area contributed by atoms with Gasteiger partial charge in [-0.2, -0.15) is 0 Å². The summed E-state index contributed by atoms with van der Waals surface area (Å²) in [6.07, 6.45) is 6.38. The molecule has 1 fully saturated rings. The number of hydrogen-bond acceptors (Lipinski definition) is 4. The molecular weight excluding hydrogens is 410 g/mol. The summed E-state index contributed by atoms with van der Waals surface area (Å²) in [4.78, 5) is 16.9. The second-order valence-corrected chi connectivity index (χ2v) is 10.2. The van der Waals surface area contributed by atoms with Gasteiger partial charge in [0.25, 0.3) is 15.9 Å². The zero-order chi connectivity index (χ0) is 22.4. The summed E-state index contributed by atoms with van der Waals surface area (Å²) in [7, 11) is 0.222. The largest absolute Gasteiger partial charge is 0.340 e. The van der Waals surface area contributed by atoms with Crippen LogP contribution in [0.5, 0.6) is 0 Å². The third kappa shape index (κ3) is 6.31. The van der Waals surface area contributed by atoms with E-state index in [-0.39, 0.29) is 10.8 Å². The van der Waals surface area contributed by atoms with Gasteiger partial charge in [0, 0.05) is 37.4 Å². The van der Waals surface area contributed by atoms with Gasteiger partial charge in [0.1, 0.15) is 0 Å². The van der Waals surface area contributed by atoms with E-state index >= 15 is 0 Å². The molecule has 0 unspecified atom stereocenters. The predicted molar refractivity (Wildman–Crippen MR) is 125 cm³/mol. The molecule has 1 N–H and O–H groups in total. The first kappa shape index (κ1) is 23.3. The first-order chi connectivity index (χ1) is 14.8. The monoisotopic (exact) mass is 443 g/mol. The van der Waals surface area contributed by atoms with E-state index in [2.05, 4.69) is 16.7 Å². The van der Waals surface area contributed by atoms with Crippen LogP contribution in [-0.4, -0.2) is 57.4 Å². The third-order valence-electron chi connectivity index (χ3n) is 6.05. The molecule has 1 aliphatic carbocycles. The molecule has 0 aromatic heterocycles. The Labute approximate surface area is 186 Å². The number of anilines is 1. The van der Waals surface area contributed by atoms with E-state index < -0.39 is 10.0 Å². The molecule has 1 aliphatic rings. The average molecular weight is 444 g/mol. The number of nitrogens with one attached hydrogen (secondary N) is 1. The van der Waals surface area contributed by atoms with E-state index in [9.17, 15) is 13.2 Å². The highest BCUT2D eigenvalue weighted by Gasteiger charge is 2.20. The minimum Gasteiger partial charge on any atom is -0.340 e. The van der Waals surface area contributed by atoms with Crippen molar-refractivity contribution in [2.24, 2.45) is 0 Å². The lowest BCUT2D eigenvalue weighted by molar-refractivity contribution is 0.0767. The summed E-state index contributed by atoms with van der Waals surface area (Å²) in [6.45, 7) is 3.42. The van der Waals surface area contributed by atoms with Crippen LogP contribution in [0.25, 0.3) is 0 Å². The Balaban J connectivity index is 1.57. The highest BCUT2D eigenvalue weighted by molar-refractivity contribution is 7.92. The van der Waals surface area contributed by atoms with E-state index in [1.165, 1.54) is 44.2 Å². The quantitative estimate of drug-likeness (QED) is 0.666. The molecule has 31 heavy (non-hydrogen) atoms. The van der Waals surface area contributed by atoms with Crippen molar-refractivity contribution in [2.75, 3.05) is 31.9 Å². The van der Waals surface area contributed by atoms with Crippen molar-refractivity contribution in [3.05, 3.63) is 59.7 Å². The summed E-state index contributed by atoms with van der Waals surface area (Å²) in [5, 5.41) is 0. The number of aryl methyl sites for hydroxylation is 1. The lowest BCUT2D eigenvalue weighted by Crippen LogP contribution is -2.40. The van der Waals surface area contributed by atoms with Crippen molar-refractivity contribution in [1.82, 2.24) is 9.80 Å². The fourth-order valence-corrected chi connectivity index (χ4v) is 5.01. The molecule has 2 aromatic rings. The van der Waals surface area contributed by atoms with Gasteiger partial charge in [0.15, 0.2) is 0 Å². The number of rotatable bonds is 8. The van der Waals surface area contributed by atoms with Gasteiger partial charge in [-0.25, -0.2) is 8.42 Å². The van der Waals surface area contributed by atoms with Gasteiger partial charge in [-0.3, -0.25) is 9.52 Å². The smallest absolute Gasteiger partial charge is 0.261 e. The van der Waals surface area contributed by atoms with Gasteiger partial charge in [-0.05, 0) is 63.2 Å². The second-order valence-electron chi connectivity index (χ2n) is 8.50. The summed E-state index contributed by atoms with van der Waals surface area (Å²) >= 11 is 0. The molecule has 7 heteroatoms.